The molecular weight excluding hydrogens is 400 g/mol. The maximum absolute atomic E-state index is 13.4. The number of rotatable bonds is 3. The van der Waals surface area contributed by atoms with Crippen molar-refractivity contribution in [2.24, 2.45) is 34.0 Å². The zero-order valence-electron chi connectivity index (χ0n) is 18.5. The van der Waals surface area contributed by atoms with Crippen LogP contribution in [0.5, 0.6) is 0 Å². The number of aliphatic hydroxyl groups is 1. The second-order valence-corrected chi connectivity index (χ2v) is 10.8. The molecule has 2 heterocycles. The highest BCUT2D eigenvalue weighted by Gasteiger charge is 2.78. The van der Waals surface area contributed by atoms with Crippen LogP contribution in [0, 0.1) is 34.0 Å². The van der Waals surface area contributed by atoms with E-state index in [0.29, 0.717) is 31.3 Å². The Balaban J connectivity index is 1.63. The summed E-state index contributed by atoms with van der Waals surface area (Å²) in [6.07, 6.45) is 1.02. The molecule has 2 aliphatic heterocycles. The van der Waals surface area contributed by atoms with E-state index in [0.717, 1.165) is 6.42 Å². The number of hydrogen-bond donors (Lipinski definition) is 1. The van der Waals surface area contributed by atoms with Gasteiger partial charge in [-0.25, -0.2) is 0 Å². The molecule has 2 spiro atoms. The van der Waals surface area contributed by atoms with Gasteiger partial charge in [0, 0.05) is 29.6 Å². The molecule has 7 nitrogen and oxygen atoms in total. The molecule has 31 heavy (non-hydrogen) atoms. The maximum atomic E-state index is 13.4. The van der Waals surface area contributed by atoms with E-state index in [1.807, 2.05) is 20.8 Å². The lowest BCUT2D eigenvalue weighted by molar-refractivity contribution is -0.255. The molecule has 170 valence electrons. The van der Waals surface area contributed by atoms with Crippen molar-refractivity contribution in [1.82, 2.24) is 0 Å². The smallest absolute Gasteiger partial charge is 0.320 e. The van der Waals surface area contributed by atoms with E-state index in [4.69, 9.17) is 14.2 Å². The highest BCUT2D eigenvalue weighted by atomic mass is 16.7. The van der Waals surface area contributed by atoms with E-state index in [2.05, 4.69) is 6.58 Å². The minimum absolute atomic E-state index is 0.0189. The van der Waals surface area contributed by atoms with Gasteiger partial charge in [-0.1, -0.05) is 27.4 Å². The van der Waals surface area contributed by atoms with Gasteiger partial charge >= 0.3 is 11.9 Å². The van der Waals surface area contributed by atoms with Gasteiger partial charge in [0.2, 0.25) is 6.29 Å². The summed E-state index contributed by atoms with van der Waals surface area (Å²) in [5.74, 6) is -1.65. The first kappa shape index (κ1) is 21.1. The van der Waals surface area contributed by atoms with Crippen molar-refractivity contribution in [2.45, 2.75) is 77.8 Å². The van der Waals surface area contributed by atoms with Crippen LogP contribution in [0.2, 0.25) is 0 Å². The van der Waals surface area contributed by atoms with E-state index in [-0.39, 0.29) is 42.5 Å². The first-order valence-electron chi connectivity index (χ1n) is 11.5. The molecule has 7 heteroatoms. The predicted octanol–water partition coefficient (Wildman–Crippen LogP) is 2.55. The standard InChI is InChI=1S/C24H32O7/c1-5-6-17(26)31-20-18-22(3,4)15(25)9-16-24(18,11-29-20)14-8-7-13-10-23(14,21(28)30-16)19(27)12(13)2/h13-16,18,20,25H,2,5-11H2,1,3-4H3/t13-,14-,15+,16+,18-,20+,23+,24-/m1/s1. The Hall–Kier alpha value is -1.73. The molecule has 3 aliphatic carbocycles. The van der Waals surface area contributed by atoms with Crippen molar-refractivity contribution in [1.29, 1.82) is 0 Å². The molecule has 0 aromatic rings. The van der Waals surface area contributed by atoms with Crippen molar-refractivity contribution >= 4 is 17.7 Å². The topological polar surface area (TPSA) is 99.1 Å². The molecule has 0 amide bonds. The molecule has 0 aromatic carbocycles. The van der Waals surface area contributed by atoms with Crippen LogP contribution < -0.4 is 0 Å². The second kappa shape index (κ2) is 6.64. The van der Waals surface area contributed by atoms with Gasteiger partial charge < -0.3 is 19.3 Å². The number of esters is 2. The SMILES string of the molecule is C=C1C(=O)[C@]23C[C@H]1CC[C@H]2[C@@]12CO[C@@H](OC(=O)CCC)[C@@H]1C(C)(C)[C@@H](O)C[C@@H]2OC3=O. The summed E-state index contributed by atoms with van der Waals surface area (Å²) >= 11 is 0. The van der Waals surface area contributed by atoms with Crippen LogP contribution in [0.15, 0.2) is 12.2 Å². The Morgan fingerprint density at radius 1 is 1.29 bits per heavy atom. The van der Waals surface area contributed by atoms with E-state index >= 15 is 0 Å². The Morgan fingerprint density at radius 2 is 2.03 bits per heavy atom. The van der Waals surface area contributed by atoms with Crippen molar-refractivity contribution in [3.63, 3.8) is 0 Å². The Morgan fingerprint density at radius 3 is 2.74 bits per heavy atom. The summed E-state index contributed by atoms with van der Waals surface area (Å²) in [5.41, 5.74) is -2.02. The van der Waals surface area contributed by atoms with E-state index in [1.165, 1.54) is 0 Å². The van der Waals surface area contributed by atoms with Gasteiger partial charge in [-0.2, -0.15) is 0 Å². The number of Topliss-reactive ketones (excluding diaryl/α,β-unsaturated/α-hetero) is 1. The first-order valence-corrected chi connectivity index (χ1v) is 11.5. The lowest BCUT2D eigenvalue weighted by Gasteiger charge is -2.62. The van der Waals surface area contributed by atoms with Crippen molar-refractivity contribution in [3.05, 3.63) is 12.2 Å². The van der Waals surface area contributed by atoms with Gasteiger partial charge in [0.25, 0.3) is 0 Å². The third kappa shape index (κ3) is 2.45. The van der Waals surface area contributed by atoms with Gasteiger partial charge in [0.1, 0.15) is 11.5 Å². The predicted molar refractivity (Wildman–Crippen MR) is 108 cm³/mol. The normalized spacial score (nSPS) is 47.3. The third-order valence-corrected chi connectivity index (χ3v) is 9.17. The van der Waals surface area contributed by atoms with Crippen LogP contribution in [-0.2, 0) is 28.6 Å². The van der Waals surface area contributed by atoms with Crippen LogP contribution in [0.4, 0.5) is 0 Å². The molecule has 5 aliphatic rings. The number of carbonyl (C=O) groups is 3. The molecule has 0 aromatic heterocycles. The summed E-state index contributed by atoms with van der Waals surface area (Å²) in [5, 5.41) is 11.0. The number of aliphatic hydroxyl groups excluding tert-OH is 1. The van der Waals surface area contributed by atoms with E-state index in [9.17, 15) is 19.5 Å². The van der Waals surface area contributed by atoms with Gasteiger partial charge in [-0.15, -0.1) is 0 Å². The van der Waals surface area contributed by atoms with Crippen molar-refractivity contribution < 1.29 is 33.7 Å². The molecule has 0 radical (unpaired) electrons. The van der Waals surface area contributed by atoms with Crippen LogP contribution in [0.25, 0.3) is 0 Å². The fourth-order valence-electron chi connectivity index (χ4n) is 7.68. The minimum Gasteiger partial charge on any atom is -0.461 e. The molecule has 0 unspecified atom stereocenters. The third-order valence-electron chi connectivity index (χ3n) is 9.17. The summed E-state index contributed by atoms with van der Waals surface area (Å²) in [4.78, 5) is 39.1. The van der Waals surface area contributed by atoms with Gasteiger partial charge in [-0.05, 0) is 43.1 Å². The van der Waals surface area contributed by atoms with Gasteiger partial charge in [0.15, 0.2) is 5.78 Å². The fraction of sp³-hybridized carbons (Fsp3) is 0.792. The lowest BCUT2D eigenvalue weighted by Crippen LogP contribution is -2.70. The van der Waals surface area contributed by atoms with Crippen LogP contribution in [0.3, 0.4) is 0 Å². The number of ether oxygens (including phenoxy) is 3. The maximum Gasteiger partial charge on any atom is 0.320 e. The van der Waals surface area contributed by atoms with Crippen molar-refractivity contribution in [3.8, 4) is 0 Å². The van der Waals surface area contributed by atoms with Crippen molar-refractivity contribution in [2.75, 3.05) is 6.61 Å². The lowest BCUT2D eigenvalue weighted by atomic mass is 9.43. The Kier molecular flexibility index (Phi) is 4.53. The number of fused-ring (bicyclic) bond motifs is 1. The second-order valence-electron chi connectivity index (χ2n) is 10.8. The van der Waals surface area contributed by atoms with Crippen LogP contribution in [-0.4, -0.2) is 47.9 Å². The molecule has 2 saturated heterocycles. The number of ketones is 1. The highest BCUT2D eigenvalue weighted by molar-refractivity contribution is 6.15. The zero-order chi connectivity index (χ0) is 22.3. The highest BCUT2D eigenvalue weighted by Crippen LogP contribution is 2.71. The minimum atomic E-state index is -1.22. The average Bonchev–Trinajstić information content (AvgIpc) is 3.18. The Labute approximate surface area is 182 Å². The van der Waals surface area contributed by atoms with E-state index < -0.39 is 40.7 Å². The summed E-state index contributed by atoms with van der Waals surface area (Å²) in [7, 11) is 0. The number of allylic oxidation sites excluding steroid dienone is 1. The number of hydrogen-bond acceptors (Lipinski definition) is 7. The quantitative estimate of drug-likeness (QED) is 0.416. The van der Waals surface area contributed by atoms with E-state index in [1.54, 1.807) is 0 Å². The Bertz CT molecular complexity index is 862. The molecule has 5 rings (SSSR count). The van der Waals surface area contributed by atoms with Gasteiger partial charge in [-0.3, -0.25) is 14.4 Å². The van der Waals surface area contributed by atoms with Crippen LogP contribution in [0.1, 0.15) is 59.3 Å². The average molecular weight is 433 g/mol. The van der Waals surface area contributed by atoms with Gasteiger partial charge in [0.05, 0.1) is 12.7 Å². The largest absolute Gasteiger partial charge is 0.461 e. The fourth-order valence-corrected chi connectivity index (χ4v) is 7.68. The molecular formula is C24H32O7. The zero-order valence-corrected chi connectivity index (χ0v) is 18.5. The molecule has 3 saturated carbocycles. The monoisotopic (exact) mass is 432 g/mol. The summed E-state index contributed by atoms with van der Waals surface area (Å²) < 4.78 is 17.9. The van der Waals surface area contributed by atoms with Crippen LogP contribution >= 0.6 is 0 Å². The number of carbonyl (C=O) groups excluding carboxylic acids is 3. The molecule has 1 N–H and O–H groups in total. The summed E-state index contributed by atoms with van der Waals surface area (Å²) in [6, 6.07) is 0. The molecule has 2 bridgehead atoms. The molecule has 5 fully saturated rings. The molecule has 8 atom stereocenters. The summed E-state index contributed by atoms with van der Waals surface area (Å²) in [6.45, 7) is 10.1. The first-order chi connectivity index (χ1) is 14.6.